The van der Waals surface area contributed by atoms with E-state index in [9.17, 15) is 0 Å². The van der Waals surface area contributed by atoms with Crippen LogP contribution in [0.5, 0.6) is 0 Å². The predicted molar refractivity (Wildman–Crippen MR) is 82.5 cm³/mol. The van der Waals surface area contributed by atoms with E-state index in [1.54, 1.807) is 11.3 Å². The highest BCUT2D eigenvalue weighted by Gasteiger charge is 2.12. The van der Waals surface area contributed by atoms with Gasteiger partial charge in [0.05, 0.1) is 15.6 Å². The Bertz CT molecular complexity index is 677. The van der Waals surface area contributed by atoms with Crippen LogP contribution in [0.4, 0.5) is 0 Å². The Morgan fingerprint density at radius 1 is 1.00 bits per heavy atom. The van der Waals surface area contributed by atoms with E-state index >= 15 is 0 Å². The fourth-order valence-corrected chi connectivity index (χ4v) is 3.20. The van der Waals surface area contributed by atoms with Crippen molar-refractivity contribution in [3.8, 4) is 10.4 Å². The first-order chi connectivity index (χ1) is 9.86. The summed E-state index contributed by atoms with van der Waals surface area (Å²) >= 11 is 1.70. The summed E-state index contributed by atoms with van der Waals surface area (Å²) < 4.78 is 0. The zero-order valence-corrected chi connectivity index (χ0v) is 11.8. The molecule has 3 rings (SSSR count). The fraction of sp³-hybridized carbons (Fsp3) is 0.125. The first kappa shape index (κ1) is 13.0. The highest BCUT2D eigenvalue weighted by atomic mass is 32.1. The summed E-state index contributed by atoms with van der Waals surface area (Å²) in [5, 5.41) is 1.06. The minimum absolute atomic E-state index is 0.461. The third kappa shape index (κ3) is 2.76. The van der Waals surface area contributed by atoms with E-state index in [0.29, 0.717) is 6.54 Å². The average Bonchev–Trinajstić information content (AvgIpc) is 2.92. The zero-order chi connectivity index (χ0) is 13.8. The van der Waals surface area contributed by atoms with Crippen LogP contribution in [0.15, 0.2) is 54.7 Å². The molecule has 2 aromatic heterocycles. The standard InChI is InChI=1S/C16H15N3S/c17-11-14-16(12-6-2-1-3-7-12)20-15(19-14)10-13-8-4-5-9-18-13/h1-9H,10-11,17H2. The first-order valence-electron chi connectivity index (χ1n) is 6.51. The van der Waals surface area contributed by atoms with Crippen LogP contribution in [0.1, 0.15) is 16.4 Å². The molecule has 0 radical (unpaired) electrons. The molecule has 0 spiro atoms. The minimum atomic E-state index is 0.461. The molecule has 3 nitrogen and oxygen atoms in total. The summed E-state index contributed by atoms with van der Waals surface area (Å²) in [5.74, 6) is 0. The van der Waals surface area contributed by atoms with Crippen LogP contribution in [-0.2, 0) is 13.0 Å². The monoisotopic (exact) mass is 281 g/mol. The Labute approximate surface area is 122 Å². The van der Waals surface area contributed by atoms with Gasteiger partial charge in [0.15, 0.2) is 0 Å². The van der Waals surface area contributed by atoms with Crippen molar-refractivity contribution < 1.29 is 0 Å². The Balaban J connectivity index is 1.93. The number of hydrogen-bond donors (Lipinski definition) is 1. The summed E-state index contributed by atoms with van der Waals surface area (Å²) in [4.78, 5) is 10.2. The highest BCUT2D eigenvalue weighted by Crippen LogP contribution is 2.30. The first-order valence-corrected chi connectivity index (χ1v) is 7.32. The number of hydrogen-bond acceptors (Lipinski definition) is 4. The second kappa shape index (κ2) is 5.94. The van der Waals surface area contributed by atoms with Gasteiger partial charge in [-0.2, -0.15) is 0 Å². The third-order valence-electron chi connectivity index (χ3n) is 3.03. The molecule has 2 N–H and O–H groups in total. The van der Waals surface area contributed by atoms with Gasteiger partial charge in [0.1, 0.15) is 0 Å². The predicted octanol–water partition coefficient (Wildman–Crippen LogP) is 3.25. The molecule has 4 heteroatoms. The lowest BCUT2D eigenvalue weighted by molar-refractivity contribution is 0.971. The number of aromatic nitrogens is 2. The van der Waals surface area contributed by atoms with Gasteiger partial charge >= 0.3 is 0 Å². The van der Waals surface area contributed by atoms with Gasteiger partial charge in [-0.1, -0.05) is 36.4 Å². The van der Waals surface area contributed by atoms with E-state index in [4.69, 9.17) is 5.73 Å². The molecule has 0 bridgehead atoms. The van der Waals surface area contributed by atoms with Crippen LogP contribution in [0.3, 0.4) is 0 Å². The summed E-state index contributed by atoms with van der Waals surface area (Å²) in [5.41, 5.74) is 9.00. The zero-order valence-electron chi connectivity index (χ0n) is 11.0. The lowest BCUT2D eigenvalue weighted by Crippen LogP contribution is -1.99. The van der Waals surface area contributed by atoms with Crippen LogP contribution >= 0.6 is 11.3 Å². The van der Waals surface area contributed by atoms with Crippen molar-refractivity contribution in [1.29, 1.82) is 0 Å². The molecule has 0 unspecified atom stereocenters. The Kier molecular flexibility index (Phi) is 3.85. The lowest BCUT2D eigenvalue weighted by atomic mass is 10.1. The number of nitrogens with zero attached hydrogens (tertiary/aromatic N) is 2. The highest BCUT2D eigenvalue weighted by molar-refractivity contribution is 7.15. The van der Waals surface area contributed by atoms with Crippen molar-refractivity contribution in [3.05, 3.63) is 71.1 Å². The normalized spacial score (nSPS) is 10.7. The number of benzene rings is 1. The second-order valence-corrected chi connectivity index (χ2v) is 5.54. The van der Waals surface area contributed by atoms with Crippen molar-refractivity contribution in [2.45, 2.75) is 13.0 Å². The van der Waals surface area contributed by atoms with Crippen LogP contribution in [-0.4, -0.2) is 9.97 Å². The summed E-state index contributed by atoms with van der Waals surface area (Å²) in [6.45, 7) is 0.461. The number of nitrogens with two attached hydrogens (primary N) is 1. The Hall–Kier alpha value is -2.04. The quantitative estimate of drug-likeness (QED) is 0.798. The average molecular weight is 281 g/mol. The van der Waals surface area contributed by atoms with Crippen molar-refractivity contribution in [2.75, 3.05) is 0 Å². The Morgan fingerprint density at radius 3 is 2.50 bits per heavy atom. The molecule has 0 aliphatic carbocycles. The van der Waals surface area contributed by atoms with E-state index in [1.807, 2.05) is 42.6 Å². The molecule has 0 saturated carbocycles. The molecular weight excluding hydrogens is 266 g/mol. The molecule has 0 atom stereocenters. The van der Waals surface area contributed by atoms with Gasteiger partial charge in [0.25, 0.3) is 0 Å². The molecule has 2 heterocycles. The van der Waals surface area contributed by atoms with E-state index in [0.717, 1.165) is 22.8 Å². The van der Waals surface area contributed by atoms with Gasteiger partial charge in [-0.25, -0.2) is 4.98 Å². The molecule has 0 aliphatic rings. The van der Waals surface area contributed by atoms with E-state index in [-0.39, 0.29) is 0 Å². The second-order valence-electron chi connectivity index (χ2n) is 4.45. The van der Waals surface area contributed by atoms with E-state index < -0.39 is 0 Å². The van der Waals surface area contributed by atoms with Gasteiger partial charge in [-0.15, -0.1) is 11.3 Å². The van der Waals surface area contributed by atoms with Gasteiger partial charge in [-0.05, 0) is 17.7 Å². The topological polar surface area (TPSA) is 51.8 Å². The van der Waals surface area contributed by atoms with E-state index in [2.05, 4.69) is 22.1 Å². The molecule has 3 aromatic rings. The molecule has 1 aromatic carbocycles. The van der Waals surface area contributed by atoms with Crippen molar-refractivity contribution in [2.24, 2.45) is 5.73 Å². The van der Waals surface area contributed by atoms with E-state index in [1.165, 1.54) is 10.4 Å². The van der Waals surface area contributed by atoms with Crippen molar-refractivity contribution in [1.82, 2.24) is 9.97 Å². The van der Waals surface area contributed by atoms with Crippen molar-refractivity contribution >= 4 is 11.3 Å². The molecule has 0 aliphatic heterocycles. The summed E-state index contributed by atoms with van der Waals surface area (Å²) in [6, 6.07) is 16.2. The SMILES string of the molecule is NCc1nc(Cc2ccccn2)sc1-c1ccccc1. The number of pyridine rings is 1. The van der Waals surface area contributed by atoms with Gasteiger partial charge in [-0.3, -0.25) is 4.98 Å². The van der Waals surface area contributed by atoms with Gasteiger partial charge in [0, 0.05) is 24.9 Å². The van der Waals surface area contributed by atoms with Crippen LogP contribution in [0.25, 0.3) is 10.4 Å². The Morgan fingerprint density at radius 2 is 1.80 bits per heavy atom. The van der Waals surface area contributed by atoms with Gasteiger partial charge < -0.3 is 5.73 Å². The molecule has 20 heavy (non-hydrogen) atoms. The van der Waals surface area contributed by atoms with Crippen LogP contribution in [0.2, 0.25) is 0 Å². The summed E-state index contributed by atoms with van der Waals surface area (Å²) in [6.07, 6.45) is 2.57. The summed E-state index contributed by atoms with van der Waals surface area (Å²) in [7, 11) is 0. The molecule has 0 fully saturated rings. The van der Waals surface area contributed by atoms with Gasteiger partial charge in [0.2, 0.25) is 0 Å². The third-order valence-corrected chi connectivity index (χ3v) is 4.18. The minimum Gasteiger partial charge on any atom is -0.325 e. The fourth-order valence-electron chi connectivity index (χ4n) is 2.09. The number of thiazole rings is 1. The molecule has 0 saturated heterocycles. The number of rotatable bonds is 4. The maximum Gasteiger partial charge on any atom is 0.0994 e. The smallest absolute Gasteiger partial charge is 0.0994 e. The maximum atomic E-state index is 5.82. The van der Waals surface area contributed by atoms with Crippen LogP contribution < -0.4 is 5.73 Å². The van der Waals surface area contributed by atoms with Crippen LogP contribution in [0, 0.1) is 0 Å². The largest absolute Gasteiger partial charge is 0.325 e. The van der Waals surface area contributed by atoms with Crippen molar-refractivity contribution in [3.63, 3.8) is 0 Å². The maximum absolute atomic E-state index is 5.82. The molecule has 100 valence electrons. The lowest BCUT2D eigenvalue weighted by Gasteiger charge is -1.98. The molecule has 0 amide bonds. The molecular formula is C16H15N3S.